The molecule has 0 bridgehead atoms. The summed E-state index contributed by atoms with van der Waals surface area (Å²) in [4.78, 5) is 0. The Morgan fingerprint density at radius 3 is 2.50 bits per heavy atom. The minimum absolute atomic E-state index is 0.0361. The zero-order valence-electron chi connectivity index (χ0n) is 11.7. The molecule has 1 aromatic carbocycles. The van der Waals surface area contributed by atoms with Crippen molar-refractivity contribution < 1.29 is 20.4 Å². The van der Waals surface area contributed by atoms with E-state index in [-0.39, 0.29) is 24.7 Å². The van der Waals surface area contributed by atoms with Crippen LogP contribution in [0.4, 0.5) is 0 Å². The fourth-order valence-corrected chi connectivity index (χ4v) is 1.80. The molecule has 0 amide bonds. The lowest BCUT2D eigenvalue weighted by Gasteiger charge is -2.05. The van der Waals surface area contributed by atoms with Gasteiger partial charge in [0.05, 0.1) is 13.2 Å². The Morgan fingerprint density at radius 2 is 1.85 bits per heavy atom. The SMILES string of the molecule is C/C(=C\CC/C(=C/Cc1cc(O)ccc1O)CO)CO. The Morgan fingerprint density at radius 1 is 1.10 bits per heavy atom. The predicted octanol–water partition coefficient (Wildman–Crippen LogP) is 2.28. The average molecular weight is 278 g/mol. The van der Waals surface area contributed by atoms with E-state index in [2.05, 4.69) is 0 Å². The smallest absolute Gasteiger partial charge is 0.119 e. The number of aliphatic hydroxyl groups is 2. The molecule has 0 heterocycles. The molecule has 0 unspecified atom stereocenters. The van der Waals surface area contributed by atoms with Crippen molar-refractivity contribution in [3.63, 3.8) is 0 Å². The molecule has 0 aromatic heterocycles. The van der Waals surface area contributed by atoms with Crippen LogP contribution >= 0.6 is 0 Å². The maximum Gasteiger partial charge on any atom is 0.119 e. The van der Waals surface area contributed by atoms with Gasteiger partial charge >= 0.3 is 0 Å². The normalized spacial score (nSPS) is 12.8. The monoisotopic (exact) mass is 278 g/mol. The second kappa shape index (κ2) is 8.40. The third-order valence-electron chi connectivity index (χ3n) is 3.08. The Hall–Kier alpha value is -1.78. The highest BCUT2D eigenvalue weighted by atomic mass is 16.3. The summed E-state index contributed by atoms with van der Waals surface area (Å²) in [5.41, 5.74) is 2.40. The molecule has 0 spiro atoms. The Bertz CT molecular complexity index is 489. The average Bonchev–Trinajstić information content (AvgIpc) is 2.45. The lowest BCUT2D eigenvalue weighted by atomic mass is 10.0. The Labute approximate surface area is 119 Å². The van der Waals surface area contributed by atoms with Crippen LogP contribution in [0.25, 0.3) is 0 Å². The van der Waals surface area contributed by atoms with Gasteiger partial charge in [0, 0.05) is 5.56 Å². The van der Waals surface area contributed by atoms with Crippen molar-refractivity contribution in [3.05, 3.63) is 47.1 Å². The molecule has 0 aliphatic carbocycles. The van der Waals surface area contributed by atoms with Crippen molar-refractivity contribution in [2.45, 2.75) is 26.2 Å². The number of allylic oxidation sites excluding steroid dienone is 2. The van der Waals surface area contributed by atoms with Gasteiger partial charge in [-0.05, 0) is 50.0 Å². The zero-order valence-corrected chi connectivity index (χ0v) is 11.7. The molecule has 1 aromatic rings. The molecule has 0 aliphatic rings. The van der Waals surface area contributed by atoms with Crippen LogP contribution in [-0.4, -0.2) is 33.6 Å². The van der Waals surface area contributed by atoms with E-state index in [4.69, 9.17) is 5.11 Å². The minimum atomic E-state index is -0.0361. The Balaban J connectivity index is 2.63. The van der Waals surface area contributed by atoms with Gasteiger partial charge in [-0.2, -0.15) is 0 Å². The van der Waals surface area contributed by atoms with E-state index in [1.807, 2.05) is 19.1 Å². The molecule has 4 nitrogen and oxygen atoms in total. The van der Waals surface area contributed by atoms with Crippen LogP contribution in [0.2, 0.25) is 0 Å². The molecule has 0 saturated carbocycles. The number of aliphatic hydroxyl groups excluding tert-OH is 2. The summed E-state index contributed by atoms with van der Waals surface area (Å²) in [5.74, 6) is 0.241. The summed E-state index contributed by atoms with van der Waals surface area (Å²) < 4.78 is 0. The van der Waals surface area contributed by atoms with E-state index in [0.29, 0.717) is 18.4 Å². The molecule has 1 rings (SSSR count). The van der Waals surface area contributed by atoms with Gasteiger partial charge in [0.15, 0.2) is 0 Å². The van der Waals surface area contributed by atoms with Gasteiger partial charge in [0.1, 0.15) is 11.5 Å². The van der Waals surface area contributed by atoms with E-state index in [1.165, 1.54) is 18.2 Å². The first-order valence-corrected chi connectivity index (χ1v) is 6.63. The second-order valence-electron chi connectivity index (χ2n) is 4.78. The third-order valence-corrected chi connectivity index (χ3v) is 3.08. The quantitative estimate of drug-likeness (QED) is 0.455. The molecule has 0 radical (unpaired) electrons. The fraction of sp³-hybridized carbons (Fsp3) is 0.375. The summed E-state index contributed by atoms with van der Waals surface area (Å²) in [6.07, 6.45) is 5.71. The van der Waals surface area contributed by atoms with Crippen molar-refractivity contribution in [2.75, 3.05) is 13.2 Å². The lowest BCUT2D eigenvalue weighted by molar-refractivity contribution is 0.325. The van der Waals surface area contributed by atoms with Crippen molar-refractivity contribution in [2.24, 2.45) is 0 Å². The molecule has 0 aliphatic heterocycles. The first-order chi connectivity index (χ1) is 9.56. The molecule has 4 heteroatoms. The van der Waals surface area contributed by atoms with Crippen molar-refractivity contribution in [1.29, 1.82) is 0 Å². The number of hydrogen-bond acceptors (Lipinski definition) is 4. The summed E-state index contributed by atoms with van der Waals surface area (Å²) in [5, 5.41) is 37.2. The number of phenols is 2. The largest absolute Gasteiger partial charge is 0.508 e. The third kappa shape index (κ3) is 5.47. The van der Waals surface area contributed by atoms with Crippen LogP contribution in [-0.2, 0) is 6.42 Å². The van der Waals surface area contributed by atoms with Crippen LogP contribution in [0.15, 0.2) is 41.5 Å². The molecular formula is C16H22O4. The molecule has 110 valence electrons. The Kier molecular flexibility index (Phi) is 6.84. The van der Waals surface area contributed by atoms with Crippen molar-refractivity contribution in [3.8, 4) is 11.5 Å². The summed E-state index contributed by atoms with van der Waals surface area (Å²) >= 11 is 0. The number of hydrogen-bond donors (Lipinski definition) is 4. The standard InChI is InChI=1S/C16H22O4/c1-12(10-17)3-2-4-13(11-18)5-6-14-9-15(19)7-8-16(14)20/h3,5,7-9,17-20H,2,4,6,10-11H2,1H3/b12-3+,13-5-. The van der Waals surface area contributed by atoms with Gasteiger partial charge in [-0.1, -0.05) is 17.7 Å². The van der Waals surface area contributed by atoms with E-state index in [9.17, 15) is 15.3 Å². The van der Waals surface area contributed by atoms with Gasteiger partial charge in [0.2, 0.25) is 0 Å². The number of aromatic hydroxyl groups is 2. The summed E-state index contributed by atoms with van der Waals surface area (Å²) in [7, 11) is 0. The number of phenolic OH excluding ortho intramolecular Hbond substituents is 2. The van der Waals surface area contributed by atoms with Crippen LogP contribution in [0.5, 0.6) is 11.5 Å². The molecule has 0 fully saturated rings. The van der Waals surface area contributed by atoms with E-state index in [1.54, 1.807) is 0 Å². The first kappa shape index (κ1) is 16.3. The van der Waals surface area contributed by atoms with Crippen LogP contribution in [0.3, 0.4) is 0 Å². The lowest BCUT2D eigenvalue weighted by Crippen LogP contribution is -1.93. The molecule has 20 heavy (non-hydrogen) atoms. The van der Waals surface area contributed by atoms with Crippen LogP contribution in [0, 0.1) is 0 Å². The van der Waals surface area contributed by atoms with Crippen LogP contribution in [0.1, 0.15) is 25.3 Å². The first-order valence-electron chi connectivity index (χ1n) is 6.63. The maximum atomic E-state index is 9.66. The minimum Gasteiger partial charge on any atom is -0.508 e. The predicted molar refractivity (Wildman–Crippen MR) is 78.7 cm³/mol. The molecular weight excluding hydrogens is 256 g/mol. The van der Waals surface area contributed by atoms with Gasteiger partial charge in [-0.3, -0.25) is 0 Å². The van der Waals surface area contributed by atoms with Gasteiger partial charge < -0.3 is 20.4 Å². The van der Waals surface area contributed by atoms with Gasteiger partial charge in [-0.15, -0.1) is 0 Å². The van der Waals surface area contributed by atoms with E-state index < -0.39 is 0 Å². The number of benzene rings is 1. The van der Waals surface area contributed by atoms with Crippen LogP contribution < -0.4 is 0 Å². The van der Waals surface area contributed by atoms with Crippen molar-refractivity contribution in [1.82, 2.24) is 0 Å². The molecule has 4 N–H and O–H groups in total. The summed E-state index contributed by atoms with van der Waals surface area (Å²) in [6, 6.07) is 4.39. The number of rotatable bonds is 7. The maximum absolute atomic E-state index is 9.66. The van der Waals surface area contributed by atoms with Crippen molar-refractivity contribution >= 4 is 0 Å². The highest BCUT2D eigenvalue weighted by Gasteiger charge is 2.02. The summed E-state index contributed by atoms with van der Waals surface area (Å²) in [6.45, 7) is 1.87. The second-order valence-corrected chi connectivity index (χ2v) is 4.78. The van der Waals surface area contributed by atoms with E-state index in [0.717, 1.165) is 17.6 Å². The van der Waals surface area contributed by atoms with E-state index >= 15 is 0 Å². The zero-order chi connectivity index (χ0) is 15.0. The van der Waals surface area contributed by atoms with Gasteiger partial charge in [-0.25, -0.2) is 0 Å². The topological polar surface area (TPSA) is 80.9 Å². The molecule has 0 atom stereocenters. The highest BCUT2D eigenvalue weighted by Crippen LogP contribution is 2.23. The van der Waals surface area contributed by atoms with Gasteiger partial charge in [0.25, 0.3) is 0 Å². The molecule has 0 saturated heterocycles. The fourth-order valence-electron chi connectivity index (χ4n) is 1.80. The highest BCUT2D eigenvalue weighted by molar-refractivity contribution is 5.40.